The second-order valence-electron chi connectivity index (χ2n) is 4.19. The first kappa shape index (κ1) is 12.7. The van der Waals surface area contributed by atoms with Gasteiger partial charge in [0.05, 0.1) is 0 Å². The SMILES string of the molecule is CCC1CC(=O)NN1C1CCNCC1.Cl. The summed E-state index contributed by atoms with van der Waals surface area (Å²) in [6.07, 6.45) is 4.04. The lowest BCUT2D eigenvalue weighted by molar-refractivity contribution is -0.121. The number of hydrogen-bond donors (Lipinski definition) is 2. The van der Waals surface area contributed by atoms with Crippen molar-refractivity contribution in [2.75, 3.05) is 13.1 Å². The van der Waals surface area contributed by atoms with Crippen LogP contribution in [0.4, 0.5) is 0 Å². The van der Waals surface area contributed by atoms with Crippen molar-refractivity contribution >= 4 is 18.3 Å². The molecule has 0 bridgehead atoms. The second-order valence-corrected chi connectivity index (χ2v) is 4.19. The molecule has 2 rings (SSSR count). The summed E-state index contributed by atoms with van der Waals surface area (Å²) < 4.78 is 0. The molecule has 1 unspecified atom stereocenters. The Morgan fingerprint density at radius 3 is 2.67 bits per heavy atom. The van der Waals surface area contributed by atoms with Gasteiger partial charge in [-0.05, 0) is 32.4 Å². The lowest BCUT2D eigenvalue weighted by Crippen LogP contribution is -2.50. The summed E-state index contributed by atoms with van der Waals surface area (Å²) in [6, 6.07) is 0.971. The van der Waals surface area contributed by atoms with E-state index in [1.807, 2.05) is 0 Å². The van der Waals surface area contributed by atoms with Crippen LogP contribution in [0, 0.1) is 0 Å². The molecular weight excluding hydrogens is 214 g/mol. The molecule has 15 heavy (non-hydrogen) atoms. The Hall–Kier alpha value is -0.320. The first-order valence-corrected chi connectivity index (χ1v) is 5.59. The van der Waals surface area contributed by atoms with Gasteiger partial charge in [0.25, 0.3) is 0 Å². The highest BCUT2D eigenvalue weighted by Crippen LogP contribution is 2.20. The zero-order chi connectivity index (χ0) is 9.97. The summed E-state index contributed by atoms with van der Waals surface area (Å²) in [5.74, 6) is 0.190. The van der Waals surface area contributed by atoms with E-state index in [-0.39, 0.29) is 18.3 Å². The standard InChI is InChI=1S/C10H19N3O.ClH/c1-2-8-7-10(14)12-13(8)9-3-5-11-6-4-9;/h8-9,11H,2-7H2,1H3,(H,12,14);1H. The number of hydrazine groups is 1. The van der Waals surface area contributed by atoms with Gasteiger partial charge in [-0.1, -0.05) is 6.92 Å². The average molecular weight is 234 g/mol. The number of halogens is 1. The van der Waals surface area contributed by atoms with Crippen molar-refractivity contribution in [2.45, 2.75) is 44.7 Å². The van der Waals surface area contributed by atoms with E-state index in [1.54, 1.807) is 0 Å². The molecule has 0 aromatic heterocycles. The van der Waals surface area contributed by atoms with Crippen LogP contribution in [0.5, 0.6) is 0 Å². The van der Waals surface area contributed by atoms with E-state index in [0.717, 1.165) is 32.4 Å². The molecule has 1 atom stereocenters. The molecule has 0 spiro atoms. The normalized spacial score (nSPS) is 28.6. The number of amides is 1. The predicted molar refractivity (Wildman–Crippen MR) is 61.8 cm³/mol. The fourth-order valence-corrected chi connectivity index (χ4v) is 2.41. The third kappa shape index (κ3) is 2.83. The molecule has 2 heterocycles. The van der Waals surface area contributed by atoms with Gasteiger partial charge in [-0.3, -0.25) is 10.2 Å². The Balaban J connectivity index is 0.00000112. The largest absolute Gasteiger partial charge is 0.317 e. The minimum absolute atomic E-state index is 0. The second kappa shape index (κ2) is 5.68. The number of piperidine rings is 1. The van der Waals surface area contributed by atoms with Gasteiger partial charge in [-0.25, -0.2) is 5.01 Å². The minimum atomic E-state index is 0. The van der Waals surface area contributed by atoms with E-state index in [1.165, 1.54) is 0 Å². The van der Waals surface area contributed by atoms with E-state index in [2.05, 4.69) is 22.7 Å². The Labute approximate surface area is 97.2 Å². The van der Waals surface area contributed by atoms with E-state index in [9.17, 15) is 4.79 Å². The first-order chi connectivity index (χ1) is 6.81. The molecule has 0 radical (unpaired) electrons. The summed E-state index contributed by atoms with van der Waals surface area (Å²) in [5, 5.41) is 5.54. The van der Waals surface area contributed by atoms with Gasteiger partial charge in [0.15, 0.2) is 0 Å². The minimum Gasteiger partial charge on any atom is -0.317 e. The number of nitrogens with zero attached hydrogens (tertiary/aromatic N) is 1. The number of carbonyl (C=O) groups excluding carboxylic acids is 1. The van der Waals surface area contributed by atoms with Crippen LogP contribution in [0.15, 0.2) is 0 Å². The highest BCUT2D eigenvalue weighted by atomic mass is 35.5. The van der Waals surface area contributed by atoms with Crippen LogP contribution in [0.1, 0.15) is 32.6 Å². The van der Waals surface area contributed by atoms with Crippen molar-refractivity contribution in [1.29, 1.82) is 0 Å². The maximum atomic E-state index is 11.3. The van der Waals surface area contributed by atoms with E-state index >= 15 is 0 Å². The average Bonchev–Trinajstić information content (AvgIpc) is 2.61. The van der Waals surface area contributed by atoms with Gasteiger partial charge in [0.1, 0.15) is 0 Å². The smallest absolute Gasteiger partial charge is 0.235 e. The Kier molecular flexibility index (Phi) is 4.83. The molecule has 0 saturated carbocycles. The fraction of sp³-hybridized carbons (Fsp3) is 0.900. The molecule has 0 aromatic rings. The van der Waals surface area contributed by atoms with Crippen LogP contribution in [0.2, 0.25) is 0 Å². The Morgan fingerprint density at radius 2 is 2.07 bits per heavy atom. The Bertz CT molecular complexity index is 219. The van der Waals surface area contributed by atoms with E-state index in [0.29, 0.717) is 18.5 Å². The van der Waals surface area contributed by atoms with Crippen LogP contribution < -0.4 is 10.7 Å². The predicted octanol–water partition coefficient (Wildman–Crippen LogP) is 0.676. The molecule has 4 nitrogen and oxygen atoms in total. The molecule has 0 aromatic carbocycles. The summed E-state index contributed by atoms with van der Waals surface area (Å²) in [6.45, 7) is 4.31. The zero-order valence-corrected chi connectivity index (χ0v) is 9.98. The number of hydrogen-bond acceptors (Lipinski definition) is 3. The summed E-state index contributed by atoms with van der Waals surface area (Å²) in [5.41, 5.74) is 2.99. The third-order valence-corrected chi connectivity index (χ3v) is 3.24. The van der Waals surface area contributed by atoms with Gasteiger partial charge >= 0.3 is 0 Å². The summed E-state index contributed by atoms with van der Waals surface area (Å²) >= 11 is 0. The van der Waals surface area contributed by atoms with Gasteiger partial charge in [0.2, 0.25) is 5.91 Å². The quantitative estimate of drug-likeness (QED) is 0.737. The van der Waals surface area contributed by atoms with Crippen molar-refractivity contribution in [2.24, 2.45) is 0 Å². The van der Waals surface area contributed by atoms with Crippen LogP contribution in [0.25, 0.3) is 0 Å². The Morgan fingerprint density at radius 1 is 1.40 bits per heavy atom. The van der Waals surface area contributed by atoms with Crippen LogP contribution >= 0.6 is 12.4 Å². The molecular formula is C10H20ClN3O. The molecule has 2 saturated heterocycles. The van der Waals surface area contributed by atoms with Crippen molar-refractivity contribution in [3.05, 3.63) is 0 Å². The van der Waals surface area contributed by atoms with Crippen molar-refractivity contribution < 1.29 is 4.79 Å². The fourth-order valence-electron chi connectivity index (χ4n) is 2.41. The highest BCUT2D eigenvalue weighted by Gasteiger charge is 2.34. The van der Waals surface area contributed by atoms with Crippen molar-refractivity contribution in [1.82, 2.24) is 15.8 Å². The van der Waals surface area contributed by atoms with E-state index < -0.39 is 0 Å². The molecule has 2 aliphatic rings. The summed E-state index contributed by atoms with van der Waals surface area (Å²) in [7, 11) is 0. The first-order valence-electron chi connectivity index (χ1n) is 5.59. The lowest BCUT2D eigenvalue weighted by atomic mass is 10.0. The number of carbonyl (C=O) groups is 1. The highest BCUT2D eigenvalue weighted by molar-refractivity contribution is 5.85. The topological polar surface area (TPSA) is 44.4 Å². The molecule has 88 valence electrons. The molecule has 2 fully saturated rings. The number of nitrogens with one attached hydrogen (secondary N) is 2. The molecule has 2 N–H and O–H groups in total. The van der Waals surface area contributed by atoms with Gasteiger partial charge < -0.3 is 5.32 Å². The van der Waals surface area contributed by atoms with Crippen LogP contribution in [0.3, 0.4) is 0 Å². The van der Waals surface area contributed by atoms with Crippen molar-refractivity contribution in [3.8, 4) is 0 Å². The van der Waals surface area contributed by atoms with Gasteiger partial charge in [-0.2, -0.15) is 0 Å². The van der Waals surface area contributed by atoms with Crippen LogP contribution in [-0.4, -0.2) is 36.1 Å². The van der Waals surface area contributed by atoms with E-state index in [4.69, 9.17) is 0 Å². The zero-order valence-electron chi connectivity index (χ0n) is 9.16. The van der Waals surface area contributed by atoms with Crippen LogP contribution in [-0.2, 0) is 4.79 Å². The monoisotopic (exact) mass is 233 g/mol. The summed E-state index contributed by atoms with van der Waals surface area (Å²) in [4.78, 5) is 11.3. The molecule has 5 heteroatoms. The number of rotatable bonds is 2. The van der Waals surface area contributed by atoms with Gasteiger partial charge in [0, 0.05) is 18.5 Å². The molecule has 0 aliphatic carbocycles. The third-order valence-electron chi connectivity index (χ3n) is 3.24. The van der Waals surface area contributed by atoms with Gasteiger partial charge in [-0.15, -0.1) is 12.4 Å². The lowest BCUT2D eigenvalue weighted by Gasteiger charge is -2.34. The maximum Gasteiger partial charge on any atom is 0.235 e. The maximum absolute atomic E-state index is 11.3. The molecule has 2 aliphatic heterocycles. The van der Waals surface area contributed by atoms with Crippen molar-refractivity contribution in [3.63, 3.8) is 0 Å². The molecule has 1 amide bonds.